The van der Waals surface area contributed by atoms with Gasteiger partial charge in [0, 0.05) is 31.3 Å². The topological polar surface area (TPSA) is 89.4 Å². The van der Waals surface area contributed by atoms with Gasteiger partial charge in [0.05, 0.1) is 0 Å². The maximum atomic E-state index is 11.8. The van der Waals surface area contributed by atoms with E-state index in [0.717, 1.165) is 0 Å². The normalized spacial score (nSPS) is 9.81. The monoisotopic (exact) mass is 221 g/mol. The number of hydrogen-bond donors (Lipinski definition) is 2. The lowest BCUT2D eigenvalue weighted by molar-refractivity contribution is -0.118. The quantitative estimate of drug-likeness (QED) is 0.712. The van der Waals surface area contributed by atoms with Crippen LogP contribution in [0.5, 0.6) is 0 Å². The molecular weight excluding hydrogens is 206 g/mol. The number of hydrogen-bond acceptors (Lipinski definition) is 3. The number of nitrogen functional groups attached to an aromatic ring is 1. The summed E-state index contributed by atoms with van der Waals surface area (Å²) in [5.41, 5.74) is 11.6. The fraction of sp³-hybridized carbons (Fsp3) is 0.273. The van der Waals surface area contributed by atoms with Gasteiger partial charge in [0.1, 0.15) is 0 Å². The van der Waals surface area contributed by atoms with E-state index in [1.165, 1.54) is 4.90 Å². The van der Waals surface area contributed by atoms with E-state index < -0.39 is 5.91 Å². The van der Waals surface area contributed by atoms with Crippen LogP contribution in [0.4, 0.5) is 5.69 Å². The summed E-state index contributed by atoms with van der Waals surface area (Å²) in [6.45, 7) is 0.308. The Labute approximate surface area is 94.0 Å². The lowest BCUT2D eigenvalue weighted by atomic mass is 10.2. The first-order valence-corrected chi connectivity index (χ1v) is 4.90. The van der Waals surface area contributed by atoms with E-state index in [-0.39, 0.29) is 12.3 Å². The van der Waals surface area contributed by atoms with Gasteiger partial charge in [-0.25, -0.2) is 0 Å². The number of carbonyl (C=O) groups excluding carboxylic acids is 2. The van der Waals surface area contributed by atoms with Crippen molar-refractivity contribution in [1.82, 2.24) is 4.90 Å². The van der Waals surface area contributed by atoms with Gasteiger partial charge < -0.3 is 16.4 Å². The molecule has 0 atom stereocenters. The summed E-state index contributed by atoms with van der Waals surface area (Å²) < 4.78 is 0. The fourth-order valence-electron chi connectivity index (χ4n) is 1.27. The van der Waals surface area contributed by atoms with Crippen LogP contribution in [0.15, 0.2) is 24.3 Å². The van der Waals surface area contributed by atoms with Crippen molar-refractivity contribution in [3.8, 4) is 0 Å². The molecule has 1 aromatic rings. The third-order valence-corrected chi connectivity index (χ3v) is 2.17. The smallest absolute Gasteiger partial charge is 0.253 e. The first kappa shape index (κ1) is 12.0. The SMILES string of the molecule is CN(CCC(N)=O)C(=O)c1cccc(N)c1. The van der Waals surface area contributed by atoms with Crippen molar-refractivity contribution >= 4 is 17.5 Å². The van der Waals surface area contributed by atoms with E-state index in [1.807, 2.05) is 0 Å². The average Bonchev–Trinajstić information content (AvgIpc) is 2.24. The van der Waals surface area contributed by atoms with Gasteiger partial charge >= 0.3 is 0 Å². The van der Waals surface area contributed by atoms with E-state index in [9.17, 15) is 9.59 Å². The maximum Gasteiger partial charge on any atom is 0.253 e. The molecule has 16 heavy (non-hydrogen) atoms. The molecule has 0 saturated heterocycles. The van der Waals surface area contributed by atoms with Crippen LogP contribution in [0.2, 0.25) is 0 Å². The molecule has 0 fully saturated rings. The number of benzene rings is 1. The van der Waals surface area contributed by atoms with Crippen LogP contribution in [0.25, 0.3) is 0 Å². The number of primary amides is 1. The van der Waals surface area contributed by atoms with E-state index in [0.29, 0.717) is 17.8 Å². The molecule has 0 unspecified atom stereocenters. The lowest BCUT2D eigenvalue weighted by Gasteiger charge is -2.16. The van der Waals surface area contributed by atoms with Crippen molar-refractivity contribution in [2.45, 2.75) is 6.42 Å². The molecule has 86 valence electrons. The molecule has 5 nitrogen and oxygen atoms in total. The molecule has 0 bridgehead atoms. The summed E-state index contributed by atoms with van der Waals surface area (Å²) in [7, 11) is 1.62. The van der Waals surface area contributed by atoms with Crippen LogP contribution in [0.3, 0.4) is 0 Å². The van der Waals surface area contributed by atoms with Crippen molar-refractivity contribution in [2.24, 2.45) is 5.73 Å². The lowest BCUT2D eigenvalue weighted by Crippen LogP contribution is -2.30. The van der Waals surface area contributed by atoms with Gasteiger partial charge in [0.25, 0.3) is 5.91 Å². The minimum absolute atomic E-state index is 0.157. The van der Waals surface area contributed by atoms with Crippen LogP contribution in [-0.4, -0.2) is 30.3 Å². The molecule has 1 rings (SSSR count). The van der Waals surface area contributed by atoms with E-state index in [1.54, 1.807) is 31.3 Å². The number of carbonyl (C=O) groups is 2. The molecule has 5 heteroatoms. The number of amides is 2. The van der Waals surface area contributed by atoms with Crippen molar-refractivity contribution in [3.63, 3.8) is 0 Å². The molecule has 0 saturated carbocycles. The molecule has 0 spiro atoms. The predicted octanol–water partition coefficient (Wildman–Crippen LogP) is 0.216. The van der Waals surface area contributed by atoms with Crippen molar-refractivity contribution < 1.29 is 9.59 Å². The van der Waals surface area contributed by atoms with Gasteiger partial charge in [0.15, 0.2) is 0 Å². The average molecular weight is 221 g/mol. The van der Waals surface area contributed by atoms with Crippen LogP contribution in [0, 0.1) is 0 Å². The first-order valence-electron chi connectivity index (χ1n) is 4.90. The molecule has 0 aliphatic rings. The number of nitrogens with zero attached hydrogens (tertiary/aromatic N) is 1. The zero-order valence-electron chi connectivity index (χ0n) is 9.14. The molecule has 0 heterocycles. The summed E-state index contributed by atoms with van der Waals surface area (Å²) in [4.78, 5) is 23.9. The standard InChI is InChI=1S/C11H15N3O2/c1-14(6-5-10(13)15)11(16)8-3-2-4-9(12)7-8/h2-4,7H,5-6,12H2,1H3,(H2,13,15). The Morgan fingerprint density at radius 1 is 1.38 bits per heavy atom. The largest absolute Gasteiger partial charge is 0.399 e. The molecule has 0 aliphatic heterocycles. The Kier molecular flexibility index (Phi) is 3.88. The van der Waals surface area contributed by atoms with Crippen LogP contribution < -0.4 is 11.5 Å². The second-order valence-electron chi connectivity index (χ2n) is 3.57. The second kappa shape index (κ2) is 5.16. The molecule has 2 amide bonds. The zero-order valence-corrected chi connectivity index (χ0v) is 9.14. The van der Waals surface area contributed by atoms with Crippen LogP contribution in [0.1, 0.15) is 16.8 Å². The number of rotatable bonds is 4. The maximum absolute atomic E-state index is 11.8. The van der Waals surface area contributed by atoms with Crippen LogP contribution >= 0.6 is 0 Å². The molecule has 0 radical (unpaired) electrons. The molecular formula is C11H15N3O2. The Hall–Kier alpha value is -2.04. The zero-order chi connectivity index (χ0) is 12.1. The van der Waals surface area contributed by atoms with Crippen molar-refractivity contribution in [3.05, 3.63) is 29.8 Å². The van der Waals surface area contributed by atoms with Gasteiger partial charge in [0.2, 0.25) is 5.91 Å². The highest BCUT2D eigenvalue weighted by Crippen LogP contribution is 2.08. The first-order chi connectivity index (χ1) is 7.50. The van der Waals surface area contributed by atoms with Crippen LogP contribution in [-0.2, 0) is 4.79 Å². The Morgan fingerprint density at radius 3 is 2.62 bits per heavy atom. The third kappa shape index (κ3) is 3.27. The Bertz CT molecular complexity index is 404. The van der Waals surface area contributed by atoms with Gasteiger partial charge in [-0.15, -0.1) is 0 Å². The Balaban J connectivity index is 2.67. The van der Waals surface area contributed by atoms with Crippen molar-refractivity contribution in [1.29, 1.82) is 0 Å². The second-order valence-corrected chi connectivity index (χ2v) is 3.57. The highest BCUT2D eigenvalue weighted by Gasteiger charge is 2.11. The summed E-state index contributed by atoms with van der Waals surface area (Å²) in [5, 5.41) is 0. The summed E-state index contributed by atoms with van der Waals surface area (Å²) in [6.07, 6.45) is 0.157. The Morgan fingerprint density at radius 2 is 2.06 bits per heavy atom. The van der Waals surface area contributed by atoms with E-state index >= 15 is 0 Å². The molecule has 0 aromatic heterocycles. The predicted molar refractivity (Wildman–Crippen MR) is 61.6 cm³/mol. The van der Waals surface area contributed by atoms with Gasteiger partial charge in [-0.2, -0.15) is 0 Å². The molecule has 4 N–H and O–H groups in total. The molecule has 1 aromatic carbocycles. The summed E-state index contributed by atoms with van der Waals surface area (Å²) in [6, 6.07) is 6.70. The van der Waals surface area contributed by atoms with E-state index in [4.69, 9.17) is 11.5 Å². The van der Waals surface area contributed by atoms with Gasteiger partial charge in [-0.1, -0.05) is 6.07 Å². The van der Waals surface area contributed by atoms with Gasteiger partial charge in [-0.05, 0) is 18.2 Å². The number of nitrogens with two attached hydrogens (primary N) is 2. The van der Waals surface area contributed by atoms with Gasteiger partial charge in [-0.3, -0.25) is 9.59 Å². The summed E-state index contributed by atoms with van der Waals surface area (Å²) in [5.74, 6) is -0.597. The van der Waals surface area contributed by atoms with E-state index in [2.05, 4.69) is 0 Å². The fourth-order valence-corrected chi connectivity index (χ4v) is 1.27. The minimum atomic E-state index is -0.424. The highest BCUT2D eigenvalue weighted by atomic mass is 16.2. The molecule has 0 aliphatic carbocycles. The number of anilines is 1. The minimum Gasteiger partial charge on any atom is -0.399 e. The third-order valence-electron chi connectivity index (χ3n) is 2.17. The highest BCUT2D eigenvalue weighted by molar-refractivity contribution is 5.95. The summed E-state index contributed by atoms with van der Waals surface area (Å²) >= 11 is 0. The van der Waals surface area contributed by atoms with Crippen molar-refractivity contribution in [2.75, 3.05) is 19.3 Å².